The van der Waals surface area contributed by atoms with Gasteiger partial charge in [-0.2, -0.15) is 5.10 Å². The number of rotatable bonds is 3. The Labute approximate surface area is 115 Å². The van der Waals surface area contributed by atoms with E-state index in [9.17, 15) is 0 Å². The summed E-state index contributed by atoms with van der Waals surface area (Å²) in [5, 5.41) is 8.27. The van der Waals surface area contributed by atoms with E-state index in [-0.39, 0.29) is 0 Å². The molecule has 5 heteroatoms. The number of nitrogens with zero attached hydrogens (tertiary/aromatic N) is 2. The average Bonchev–Trinajstić information content (AvgIpc) is 2.39. The molecule has 0 aliphatic carbocycles. The molecule has 0 aromatic heterocycles. The molecule has 1 unspecified atom stereocenters. The van der Waals surface area contributed by atoms with Crippen LogP contribution in [0.15, 0.2) is 32.9 Å². The van der Waals surface area contributed by atoms with Gasteiger partial charge in [0.1, 0.15) is 11.6 Å². The lowest BCUT2D eigenvalue weighted by atomic mass is 9.90. The van der Waals surface area contributed by atoms with E-state index < -0.39 is 0 Å². The topological polar surface area (TPSA) is 60.0 Å². The normalized spacial score (nSPS) is 19.2. The Morgan fingerprint density at radius 1 is 1.44 bits per heavy atom. The predicted molar refractivity (Wildman–Crippen MR) is 77.3 cm³/mol. The lowest BCUT2D eigenvalue weighted by Gasteiger charge is -2.21. The maximum Gasteiger partial charge on any atom is 0.123 e. The zero-order valence-corrected chi connectivity index (χ0v) is 12.1. The first-order chi connectivity index (χ1) is 8.65. The van der Waals surface area contributed by atoms with Gasteiger partial charge in [-0.3, -0.25) is 0 Å². The molecule has 1 aliphatic heterocycles. The van der Waals surface area contributed by atoms with E-state index in [2.05, 4.69) is 33.1 Å². The van der Waals surface area contributed by atoms with Crippen molar-refractivity contribution < 1.29 is 4.74 Å². The van der Waals surface area contributed by atoms with Gasteiger partial charge in [-0.15, -0.1) is 5.10 Å². The lowest BCUT2D eigenvalue weighted by Crippen LogP contribution is -2.27. The van der Waals surface area contributed by atoms with Crippen molar-refractivity contribution in [1.29, 1.82) is 0 Å². The molecule has 1 heterocycles. The summed E-state index contributed by atoms with van der Waals surface area (Å²) in [4.78, 5) is 0. The molecule has 0 fully saturated rings. The van der Waals surface area contributed by atoms with E-state index in [1.165, 1.54) is 0 Å². The van der Waals surface area contributed by atoms with Gasteiger partial charge in [-0.05, 0) is 24.6 Å². The number of benzene rings is 1. The second-order valence-corrected chi connectivity index (χ2v) is 5.09. The number of halogens is 1. The van der Waals surface area contributed by atoms with Crippen molar-refractivity contribution in [1.82, 2.24) is 0 Å². The first-order valence-corrected chi connectivity index (χ1v) is 6.68. The van der Waals surface area contributed by atoms with E-state index in [0.717, 1.165) is 34.3 Å². The van der Waals surface area contributed by atoms with Crippen molar-refractivity contribution in [2.24, 2.45) is 21.9 Å². The molecule has 96 valence electrons. The number of nitrogens with two attached hydrogens (primary N) is 1. The lowest BCUT2D eigenvalue weighted by molar-refractivity contribution is 0.414. The summed E-state index contributed by atoms with van der Waals surface area (Å²) in [6, 6.07) is 5.85. The van der Waals surface area contributed by atoms with Gasteiger partial charge in [-0.1, -0.05) is 22.9 Å². The van der Waals surface area contributed by atoms with Gasteiger partial charge in [0.25, 0.3) is 0 Å². The highest BCUT2D eigenvalue weighted by Gasteiger charge is 2.23. The van der Waals surface area contributed by atoms with Gasteiger partial charge in [0.2, 0.25) is 0 Å². The van der Waals surface area contributed by atoms with Crippen LogP contribution in [0.2, 0.25) is 0 Å². The third kappa shape index (κ3) is 2.56. The first kappa shape index (κ1) is 13.1. The fourth-order valence-electron chi connectivity index (χ4n) is 2.03. The Balaban J connectivity index is 2.46. The maximum absolute atomic E-state index is 5.74. The molecule has 2 N–H and O–H groups in total. The summed E-state index contributed by atoms with van der Waals surface area (Å²) in [6.07, 6.45) is 1.75. The van der Waals surface area contributed by atoms with E-state index in [1.54, 1.807) is 7.11 Å². The Kier molecular flexibility index (Phi) is 4.01. The second kappa shape index (κ2) is 5.52. The molecule has 1 atom stereocenters. The van der Waals surface area contributed by atoms with Crippen LogP contribution in [0.3, 0.4) is 0 Å². The summed E-state index contributed by atoms with van der Waals surface area (Å²) in [5.41, 5.74) is 7.74. The highest BCUT2D eigenvalue weighted by molar-refractivity contribution is 9.10. The maximum atomic E-state index is 5.74. The Morgan fingerprint density at radius 2 is 2.22 bits per heavy atom. The number of hydrogen-bond donors (Lipinski definition) is 1. The fourth-order valence-corrected chi connectivity index (χ4v) is 2.48. The summed E-state index contributed by atoms with van der Waals surface area (Å²) < 4.78 is 6.25. The number of hydrogen-bond acceptors (Lipinski definition) is 4. The van der Waals surface area contributed by atoms with Crippen LogP contribution in [-0.4, -0.2) is 18.7 Å². The molecular weight excluding hydrogens is 294 g/mol. The van der Waals surface area contributed by atoms with Crippen molar-refractivity contribution in [3.05, 3.63) is 28.2 Å². The van der Waals surface area contributed by atoms with E-state index in [4.69, 9.17) is 10.5 Å². The smallest absolute Gasteiger partial charge is 0.123 e. The number of ether oxygens (including phenoxy) is 1. The quantitative estimate of drug-likeness (QED) is 0.933. The minimum atomic E-state index is 0.311. The van der Waals surface area contributed by atoms with Crippen LogP contribution in [0.1, 0.15) is 25.3 Å². The largest absolute Gasteiger partial charge is 0.497 e. The van der Waals surface area contributed by atoms with Crippen LogP contribution < -0.4 is 10.5 Å². The van der Waals surface area contributed by atoms with Crippen molar-refractivity contribution in [3.63, 3.8) is 0 Å². The minimum absolute atomic E-state index is 0.311. The zero-order valence-electron chi connectivity index (χ0n) is 10.5. The molecule has 0 saturated carbocycles. The predicted octanol–water partition coefficient (Wildman–Crippen LogP) is 2.95. The third-order valence-electron chi connectivity index (χ3n) is 3.07. The van der Waals surface area contributed by atoms with Crippen LogP contribution in [0.25, 0.3) is 0 Å². The van der Waals surface area contributed by atoms with Crippen LogP contribution >= 0.6 is 15.9 Å². The van der Waals surface area contributed by atoms with Gasteiger partial charge >= 0.3 is 0 Å². The Hall–Kier alpha value is -1.36. The zero-order chi connectivity index (χ0) is 13.1. The van der Waals surface area contributed by atoms with Crippen LogP contribution in [-0.2, 0) is 0 Å². The monoisotopic (exact) mass is 309 g/mol. The third-order valence-corrected chi connectivity index (χ3v) is 3.76. The van der Waals surface area contributed by atoms with Gasteiger partial charge < -0.3 is 10.5 Å². The van der Waals surface area contributed by atoms with Crippen molar-refractivity contribution in [2.45, 2.75) is 19.8 Å². The first-order valence-electron chi connectivity index (χ1n) is 5.89. The van der Waals surface area contributed by atoms with Crippen molar-refractivity contribution in [2.75, 3.05) is 7.11 Å². The van der Waals surface area contributed by atoms with E-state index in [0.29, 0.717) is 11.8 Å². The Bertz CT molecular complexity index is 511. The highest BCUT2D eigenvalue weighted by atomic mass is 79.9. The minimum Gasteiger partial charge on any atom is -0.497 e. The summed E-state index contributed by atoms with van der Waals surface area (Å²) in [7, 11) is 1.66. The van der Waals surface area contributed by atoms with Gasteiger partial charge in [-0.25, -0.2) is 0 Å². The van der Waals surface area contributed by atoms with E-state index in [1.807, 2.05) is 18.2 Å². The number of amidine groups is 1. The van der Waals surface area contributed by atoms with Crippen LogP contribution in [0.4, 0.5) is 0 Å². The summed E-state index contributed by atoms with van der Waals surface area (Å²) in [5.74, 6) is 1.73. The molecule has 18 heavy (non-hydrogen) atoms. The van der Waals surface area contributed by atoms with Gasteiger partial charge in [0.15, 0.2) is 0 Å². The molecule has 0 radical (unpaired) electrons. The average molecular weight is 310 g/mol. The molecule has 0 amide bonds. The molecule has 1 aromatic rings. The molecular formula is C13H16BrN3O. The molecule has 1 aliphatic rings. The molecule has 1 aromatic carbocycles. The molecule has 4 nitrogen and oxygen atoms in total. The molecule has 2 rings (SSSR count). The molecule has 0 bridgehead atoms. The number of methoxy groups -OCH3 is 1. The van der Waals surface area contributed by atoms with Crippen LogP contribution in [0.5, 0.6) is 5.75 Å². The van der Waals surface area contributed by atoms with Gasteiger partial charge in [0, 0.05) is 22.4 Å². The standard InChI is InChI=1S/C13H16BrN3O/c1-3-8-6-12(15)16-17-13(8)10-7-9(18-2)4-5-11(10)14/h4-5,7-8H,3,6H2,1-2H3,(H2,15,16). The van der Waals surface area contributed by atoms with Crippen molar-refractivity contribution in [3.8, 4) is 5.75 Å². The van der Waals surface area contributed by atoms with Crippen LogP contribution in [0, 0.1) is 5.92 Å². The Morgan fingerprint density at radius 3 is 2.89 bits per heavy atom. The molecule has 0 spiro atoms. The summed E-state index contributed by atoms with van der Waals surface area (Å²) >= 11 is 3.55. The summed E-state index contributed by atoms with van der Waals surface area (Å²) in [6.45, 7) is 2.13. The van der Waals surface area contributed by atoms with E-state index >= 15 is 0 Å². The highest BCUT2D eigenvalue weighted by Crippen LogP contribution is 2.29. The fraction of sp³-hybridized carbons (Fsp3) is 0.385. The SMILES string of the molecule is CCC1CC(N)=NN=C1c1cc(OC)ccc1Br. The molecule has 0 saturated heterocycles. The van der Waals surface area contributed by atoms with Gasteiger partial charge in [0.05, 0.1) is 12.8 Å². The van der Waals surface area contributed by atoms with Crippen molar-refractivity contribution >= 4 is 27.5 Å². The second-order valence-electron chi connectivity index (χ2n) is 4.23.